The Kier molecular flexibility index (Phi) is 8.75. The first kappa shape index (κ1) is 33.8. The largest absolute Gasteiger partial charge is 0.377 e. The zero-order valence-electron chi connectivity index (χ0n) is 28.3. The van der Waals surface area contributed by atoms with Crippen LogP contribution in [0.15, 0.2) is 41.4 Å². The summed E-state index contributed by atoms with van der Waals surface area (Å²) in [6.45, 7) is 7.84. The lowest BCUT2D eigenvalue weighted by atomic mass is 9.86. The number of aromatic nitrogens is 6. The van der Waals surface area contributed by atoms with Crippen LogP contribution >= 0.6 is 15.9 Å². The summed E-state index contributed by atoms with van der Waals surface area (Å²) in [7, 11) is 0. The zero-order valence-corrected chi connectivity index (χ0v) is 29.9. The molecule has 260 valence electrons. The molecular formula is C35H38BrN9O5. The van der Waals surface area contributed by atoms with Crippen LogP contribution in [0.4, 0.5) is 5.82 Å². The lowest BCUT2D eigenvalue weighted by Crippen LogP contribution is -2.47. The zero-order chi connectivity index (χ0) is 35.4. The predicted octanol–water partition coefficient (Wildman–Crippen LogP) is 4.01. The molecule has 2 aliphatic heterocycles. The second kappa shape index (κ2) is 12.9. The van der Waals surface area contributed by atoms with Gasteiger partial charge in [-0.25, -0.2) is 15.0 Å². The highest BCUT2D eigenvalue weighted by Crippen LogP contribution is 2.59. The molecule has 1 aliphatic carbocycles. The molecule has 3 atom stereocenters. The van der Waals surface area contributed by atoms with Crippen LogP contribution in [0.2, 0.25) is 0 Å². The maximum absolute atomic E-state index is 14.3. The first-order chi connectivity index (χ1) is 23.8. The first-order valence-corrected chi connectivity index (χ1v) is 17.4. The third-order valence-corrected chi connectivity index (χ3v) is 10.5. The van der Waals surface area contributed by atoms with Crippen molar-refractivity contribution < 1.29 is 23.9 Å². The number of nitrogens with one attached hydrogen (secondary N) is 2. The maximum Gasteiger partial charge on any atom is 0.248 e. The number of hydrogen-bond donors (Lipinski definition) is 2. The van der Waals surface area contributed by atoms with Gasteiger partial charge in [0.1, 0.15) is 34.5 Å². The Hall–Kier alpha value is -4.63. The van der Waals surface area contributed by atoms with E-state index in [1.807, 2.05) is 19.9 Å². The topological polar surface area (TPSA) is 174 Å². The molecule has 0 aromatic carbocycles. The van der Waals surface area contributed by atoms with Gasteiger partial charge in [0.05, 0.1) is 24.0 Å². The summed E-state index contributed by atoms with van der Waals surface area (Å²) in [4.78, 5) is 73.6. The molecule has 4 aromatic rings. The van der Waals surface area contributed by atoms with Crippen molar-refractivity contribution in [2.24, 2.45) is 10.8 Å². The van der Waals surface area contributed by atoms with Crippen molar-refractivity contribution in [2.45, 2.75) is 78.6 Å². The number of piperidine rings is 1. The summed E-state index contributed by atoms with van der Waals surface area (Å²) in [6.07, 6.45) is 7.26. The van der Waals surface area contributed by atoms with E-state index in [9.17, 15) is 19.2 Å². The number of ketones is 1. The van der Waals surface area contributed by atoms with Crippen LogP contribution < -0.4 is 10.6 Å². The van der Waals surface area contributed by atoms with E-state index in [1.54, 1.807) is 42.5 Å². The Morgan fingerprint density at radius 2 is 1.88 bits per heavy atom. The van der Waals surface area contributed by atoms with Gasteiger partial charge in [-0.3, -0.25) is 28.8 Å². The fourth-order valence-electron chi connectivity index (χ4n) is 7.11. The average Bonchev–Trinajstić information content (AvgIpc) is 3.50. The number of nitrogens with zero attached hydrogens (tertiary/aromatic N) is 7. The number of rotatable bonds is 4. The molecule has 1 saturated heterocycles. The van der Waals surface area contributed by atoms with E-state index in [4.69, 9.17) is 4.74 Å². The Morgan fingerprint density at radius 3 is 2.64 bits per heavy atom. The standard InChI is InChI=1S/C35H38BrN9O5/c1-19(46)30-23-10-24(22-13-37-20(2)38-14-22)39-15-26(23)44(43-30)16-29(47)45-25-11-35(12-27(35)45)18-40-33(49)34(3,4)8-5-9-50-17-21-6-7-28(36)41-31(21)42-32(25)48/h6-7,10,13-15,25,27H,5,8-9,11-12,16-18H2,1-4H3,(H,40,49)(H,41,42,48)/t25-,27+,35-/m0/s1. The molecule has 1 spiro atoms. The van der Waals surface area contributed by atoms with Crippen molar-refractivity contribution >= 4 is 56.2 Å². The van der Waals surface area contributed by atoms with Gasteiger partial charge in [0, 0.05) is 65.9 Å². The van der Waals surface area contributed by atoms with E-state index in [2.05, 4.69) is 51.6 Å². The Balaban J connectivity index is 1.21. The van der Waals surface area contributed by atoms with E-state index in [0.717, 1.165) is 0 Å². The van der Waals surface area contributed by atoms with Crippen molar-refractivity contribution in [3.63, 3.8) is 0 Å². The fourth-order valence-corrected chi connectivity index (χ4v) is 7.42. The highest BCUT2D eigenvalue weighted by molar-refractivity contribution is 9.10. The molecule has 3 aliphatic rings. The number of carbonyl (C=O) groups is 4. The van der Waals surface area contributed by atoms with Gasteiger partial charge in [0.2, 0.25) is 17.7 Å². The van der Waals surface area contributed by atoms with Crippen LogP contribution in [-0.4, -0.2) is 83.4 Å². The molecule has 2 fully saturated rings. The van der Waals surface area contributed by atoms with Gasteiger partial charge in [0.15, 0.2) is 5.78 Å². The molecule has 4 aromatic heterocycles. The number of carbonyl (C=O) groups excluding carboxylic acids is 4. The molecule has 15 heteroatoms. The number of ether oxygens (including phenoxy) is 1. The van der Waals surface area contributed by atoms with E-state index in [1.165, 1.54) is 11.6 Å². The molecule has 14 nitrogen and oxygen atoms in total. The van der Waals surface area contributed by atoms with Gasteiger partial charge in [-0.2, -0.15) is 5.10 Å². The van der Waals surface area contributed by atoms with E-state index in [-0.39, 0.29) is 48.4 Å². The Morgan fingerprint density at radius 1 is 1.10 bits per heavy atom. The van der Waals surface area contributed by atoms with Gasteiger partial charge in [-0.15, -0.1) is 0 Å². The maximum atomic E-state index is 14.3. The minimum absolute atomic E-state index is 0.0707. The van der Waals surface area contributed by atoms with Crippen LogP contribution in [0.25, 0.3) is 22.2 Å². The number of hydrogen-bond acceptors (Lipinski definition) is 10. The molecule has 0 unspecified atom stereocenters. The number of pyridine rings is 2. The normalized spacial score (nSPS) is 23.5. The third kappa shape index (κ3) is 6.39. The predicted molar refractivity (Wildman–Crippen MR) is 186 cm³/mol. The average molecular weight is 745 g/mol. The lowest BCUT2D eigenvalue weighted by Gasteiger charge is -2.27. The molecule has 2 bridgehead atoms. The lowest BCUT2D eigenvalue weighted by molar-refractivity contribution is -0.138. The molecule has 3 amide bonds. The number of likely N-dealkylation sites (tertiary alicyclic amines) is 1. The second-order valence-electron chi connectivity index (χ2n) is 14.1. The van der Waals surface area contributed by atoms with E-state index in [0.29, 0.717) is 82.8 Å². The second-order valence-corrected chi connectivity index (χ2v) is 14.9. The van der Waals surface area contributed by atoms with Crippen molar-refractivity contribution in [1.29, 1.82) is 0 Å². The summed E-state index contributed by atoms with van der Waals surface area (Å²) in [5.41, 5.74) is 1.59. The number of amides is 3. The van der Waals surface area contributed by atoms with Crippen LogP contribution in [0.1, 0.15) is 68.3 Å². The molecule has 2 N–H and O–H groups in total. The molecule has 1 saturated carbocycles. The molecule has 7 rings (SSSR count). The summed E-state index contributed by atoms with van der Waals surface area (Å²) in [5.74, 6) is -0.0625. The summed E-state index contributed by atoms with van der Waals surface area (Å²) < 4.78 is 7.94. The van der Waals surface area contributed by atoms with Gasteiger partial charge in [-0.05, 0) is 60.7 Å². The highest BCUT2D eigenvalue weighted by Gasteiger charge is 2.67. The number of fused-ring (bicyclic) bond motifs is 3. The van der Waals surface area contributed by atoms with Gasteiger partial charge >= 0.3 is 0 Å². The quantitative estimate of drug-likeness (QED) is 0.230. The van der Waals surface area contributed by atoms with Crippen molar-refractivity contribution in [3.05, 3.63) is 58.5 Å². The van der Waals surface area contributed by atoms with Crippen LogP contribution in [0.5, 0.6) is 0 Å². The van der Waals surface area contributed by atoms with Crippen molar-refractivity contribution in [3.8, 4) is 11.3 Å². The number of Topliss-reactive ketones (excluding diaryl/α,β-unsaturated/α-hetero) is 1. The monoisotopic (exact) mass is 743 g/mol. The highest BCUT2D eigenvalue weighted by atomic mass is 79.9. The van der Waals surface area contributed by atoms with Gasteiger partial charge in [-0.1, -0.05) is 19.9 Å². The molecule has 6 heterocycles. The van der Waals surface area contributed by atoms with Crippen LogP contribution in [0, 0.1) is 17.8 Å². The summed E-state index contributed by atoms with van der Waals surface area (Å²) in [5, 5.41) is 11.2. The van der Waals surface area contributed by atoms with Gasteiger partial charge in [0.25, 0.3) is 0 Å². The Labute approximate surface area is 296 Å². The third-order valence-electron chi connectivity index (χ3n) is 10.1. The molecule has 0 radical (unpaired) electrons. The number of halogens is 1. The number of aryl methyl sites for hydroxylation is 1. The smallest absolute Gasteiger partial charge is 0.248 e. The summed E-state index contributed by atoms with van der Waals surface area (Å²) in [6, 6.07) is 4.29. The molecular weight excluding hydrogens is 706 g/mol. The van der Waals surface area contributed by atoms with Gasteiger partial charge < -0.3 is 20.3 Å². The molecule has 50 heavy (non-hydrogen) atoms. The minimum Gasteiger partial charge on any atom is -0.377 e. The van der Waals surface area contributed by atoms with Crippen molar-refractivity contribution in [2.75, 3.05) is 18.5 Å². The van der Waals surface area contributed by atoms with Crippen molar-refractivity contribution in [1.82, 2.24) is 39.9 Å². The fraction of sp³-hybridized carbons (Fsp3) is 0.457. The van der Waals surface area contributed by atoms with Crippen LogP contribution in [0.3, 0.4) is 0 Å². The van der Waals surface area contributed by atoms with Crippen LogP contribution in [-0.2, 0) is 32.3 Å². The minimum atomic E-state index is -0.825. The first-order valence-electron chi connectivity index (χ1n) is 16.7. The summed E-state index contributed by atoms with van der Waals surface area (Å²) >= 11 is 3.41. The SMILES string of the molecule is CC(=O)c1nn(CC(=O)N2[C@H]3C[C@@]4(CNC(=O)C(C)(C)CCCOCc5ccc(Br)nc5NC3=O)C[C@@H]24)c2cnc(-c3cnc(C)nc3)cc12. The Bertz CT molecular complexity index is 2030. The number of anilines is 1. The van der Waals surface area contributed by atoms with E-state index < -0.39 is 16.9 Å². The van der Waals surface area contributed by atoms with E-state index >= 15 is 0 Å².